The molecule has 33 heavy (non-hydrogen) atoms. The number of fused-ring (bicyclic) bond motifs is 1. The lowest BCUT2D eigenvalue weighted by molar-refractivity contribution is -0.144. The van der Waals surface area contributed by atoms with Crippen LogP contribution in [0, 0.1) is 0 Å². The van der Waals surface area contributed by atoms with Crippen molar-refractivity contribution in [1.82, 2.24) is 25.8 Å². The maximum atomic E-state index is 12.9. The maximum absolute atomic E-state index is 12.9. The second kappa shape index (κ2) is 10.0. The Hall–Kier alpha value is -3.40. The number of nitrogens with zero attached hydrogens (tertiary/aromatic N) is 1. The topological polar surface area (TPSA) is 144 Å². The van der Waals surface area contributed by atoms with Gasteiger partial charge in [-0.15, -0.1) is 0 Å². The summed E-state index contributed by atoms with van der Waals surface area (Å²) in [5.41, 5.74) is 1.69. The van der Waals surface area contributed by atoms with E-state index in [4.69, 9.17) is 0 Å². The van der Waals surface area contributed by atoms with Crippen LogP contribution in [0.25, 0.3) is 10.9 Å². The molecule has 2 saturated heterocycles. The van der Waals surface area contributed by atoms with Crippen LogP contribution in [0.3, 0.4) is 0 Å². The van der Waals surface area contributed by atoms with Crippen LogP contribution in [0.4, 0.5) is 0 Å². The van der Waals surface area contributed by atoms with Crippen LogP contribution in [0.15, 0.2) is 30.5 Å². The van der Waals surface area contributed by atoms with E-state index in [0.29, 0.717) is 19.4 Å². The van der Waals surface area contributed by atoms with E-state index in [9.17, 15) is 24.3 Å². The number of aromatic amines is 1. The molecule has 3 heterocycles. The Labute approximate surface area is 191 Å². The fraction of sp³-hybridized carbons (Fsp3) is 0.478. The van der Waals surface area contributed by atoms with E-state index in [1.54, 1.807) is 6.20 Å². The lowest BCUT2D eigenvalue weighted by atomic mass is 10.0. The number of hydrogen-bond donors (Lipinski definition) is 5. The average Bonchev–Trinajstić information content (AvgIpc) is 3.57. The Morgan fingerprint density at radius 2 is 1.94 bits per heavy atom. The van der Waals surface area contributed by atoms with Gasteiger partial charge in [-0.05, 0) is 43.9 Å². The number of rotatable bonds is 8. The minimum absolute atomic E-state index is 0.121. The average molecular weight is 456 g/mol. The van der Waals surface area contributed by atoms with Gasteiger partial charge in [-0.3, -0.25) is 14.4 Å². The van der Waals surface area contributed by atoms with Crippen LogP contribution >= 0.6 is 0 Å². The molecule has 10 heteroatoms. The lowest BCUT2D eigenvalue weighted by Gasteiger charge is -2.26. The molecule has 10 nitrogen and oxygen atoms in total. The van der Waals surface area contributed by atoms with Gasteiger partial charge < -0.3 is 30.9 Å². The number of nitrogens with one attached hydrogen (secondary N) is 4. The minimum atomic E-state index is -1.14. The molecule has 176 valence electrons. The molecule has 3 amide bonds. The summed E-state index contributed by atoms with van der Waals surface area (Å²) in [5.74, 6) is -2.19. The molecule has 0 aliphatic carbocycles. The van der Waals surface area contributed by atoms with Crippen molar-refractivity contribution in [3.05, 3.63) is 36.0 Å². The van der Waals surface area contributed by atoms with Gasteiger partial charge in [0.05, 0.1) is 12.6 Å². The fourth-order valence-corrected chi connectivity index (χ4v) is 4.62. The van der Waals surface area contributed by atoms with E-state index >= 15 is 0 Å². The number of likely N-dealkylation sites (tertiary alicyclic amines) is 1. The van der Waals surface area contributed by atoms with Crippen molar-refractivity contribution < 1.29 is 24.3 Å². The maximum Gasteiger partial charge on any atom is 0.326 e. The largest absolute Gasteiger partial charge is 0.480 e. The van der Waals surface area contributed by atoms with Gasteiger partial charge >= 0.3 is 5.97 Å². The van der Waals surface area contributed by atoms with Crippen molar-refractivity contribution in [2.45, 2.75) is 50.2 Å². The van der Waals surface area contributed by atoms with Crippen molar-refractivity contribution in [2.24, 2.45) is 0 Å². The number of para-hydroxylation sites is 1. The number of carboxylic acids is 1. The predicted molar refractivity (Wildman–Crippen MR) is 120 cm³/mol. The fourth-order valence-electron chi connectivity index (χ4n) is 4.62. The number of carbonyl (C=O) groups is 4. The summed E-state index contributed by atoms with van der Waals surface area (Å²) in [4.78, 5) is 54.2. The predicted octanol–water partition coefficient (Wildman–Crippen LogP) is 0.139. The monoisotopic (exact) mass is 455 g/mol. The van der Waals surface area contributed by atoms with Gasteiger partial charge in [0.25, 0.3) is 0 Å². The van der Waals surface area contributed by atoms with Gasteiger partial charge in [0.2, 0.25) is 17.7 Å². The molecule has 4 rings (SSSR count). The first kappa shape index (κ1) is 22.8. The van der Waals surface area contributed by atoms with Crippen LogP contribution in [0.5, 0.6) is 0 Å². The van der Waals surface area contributed by atoms with Crippen LogP contribution in [0.2, 0.25) is 0 Å². The Morgan fingerprint density at radius 1 is 1.12 bits per heavy atom. The molecule has 3 unspecified atom stereocenters. The number of carbonyl (C=O) groups excluding carboxylic acids is 3. The number of benzene rings is 1. The third kappa shape index (κ3) is 5.16. The number of carboxylic acid groups (broad SMARTS) is 1. The highest BCUT2D eigenvalue weighted by molar-refractivity contribution is 5.93. The van der Waals surface area contributed by atoms with E-state index < -0.39 is 24.0 Å². The first-order valence-corrected chi connectivity index (χ1v) is 11.3. The van der Waals surface area contributed by atoms with Crippen LogP contribution in [-0.4, -0.2) is 76.4 Å². The zero-order valence-corrected chi connectivity index (χ0v) is 18.3. The number of H-pyrrole nitrogens is 1. The molecular weight excluding hydrogens is 426 g/mol. The quantitative estimate of drug-likeness (QED) is 0.383. The second-order valence-corrected chi connectivity index (χ2v) is 8.57. The Balaban J connectivity index is 1.36. The molecule has 2 aliphatic heterocycles. The highest BCUT2D eigenvalue weighted by Crippen LogP contribution is 2.21. The van der Waals surface area contributed by atoms with Crippen molar-refractivity contribution in [1.29, 1.82) is 0 Å². The highest BCUT2D eigenvalue weighted by Gasteiger charge is 2.36. The van der Waals surface area contributed by atoms with Gasteiger partial charge in [0, 0.05) is 30.1 Å². The molecule has 5 N–H and O–H groups in total. The highest BCUT2D eigenvalue weighted by atomic mass is 16.4. The third-order valence-corrected chi connectivity index (χ3v) is 6.38. The molecule has 1 aromatic carbocycles. The summed E-state index contributed by atoms with van der Waals surface area (Å²) >= 11 is 0. The van der Waals surface area contributed by atoms with E-state index in [1.165, 1.54) is 4.90 Å². The molecule has 2 aromatic rings. The standard InChI is InChI=1S/C23H29N5O5/c29-20(13-26-21(30)17-7-3-9-24-17)28-10-4-8-19(28)22(31)27-18(23(32)33)11-14-12-25-16-6-2-1-5-15(14)16/h1-2,5-6,12,17-19,24-25H,3-4,7-11,13H2,(H,26,30)(H,27,31)(H,32,33). The van der Waals surface area contributed by atoms with Crippen molar-refractivity contribution >= 4 is 34.6 Å². The molecule has 2 fully saturated rings. The van der Waals surface area contributed by atoms with Gasteiger partial charge in [-0.1, -0.05) is 18.2 Å². The Morgan fingerprint density at radius 3 is 2.70 bits per heavy atom. The van der Waals surface area contributed by atoms with Gasteiger partial charge in [0.15, 0.2) is 0 Å². The van der Waals surface area contributed by atoms with Crippen molar-refractivity contribution in [3.63, 3.8) is 0 Å². The normalized spacial score (nSPS) is 21.2. The van der Waals surface area contributed by atoms with Gasteiger partial charge in [0.1, 0.15) is 12.1 Å². The zero-order chi connectivity index (χ0) is 23.4. The molecule has 0 saturated carbocycles. The van der Waals surface area contributed by atoms with E-state index in [1.807, 2.05) is 24.3 Å². The molecule has 0 spiro atoms. The van der Waals surface area contributed by atoms with Crippen molar-refractivity contribution in [3.8, 4) is 0 Å². The lowest BCUT2D eigenvalue weighted by Crippen LogP contribution is -2.53. The van der Waals surface area contributed by atoms with Crippen LogP contribution in [-0.2, 0) is 25.6 Å². The van der Waals surface area contributed by atoms with Gasteiger partial charge in [-0.2, -0.15) is 0 Å². The van der Waals surface area contributed by atoms with E-state index in [-0.39, 0.29) is 30.8 Å². The van der Waals surface area contributed by atoms with Crippen molar-refractivity contribution in [2.75, 3.05) is 19.6 Å². The van der Waals surface area contributed by atoms with Crippen LogP contribution < -0.4 is 16.0 Å². The third-order valence-electron chi connectivity index (χ3n) is 6.38. The summed E-state index contributed by atoms with van der Waals surface area (Å²) in [7, 11) is 0. The molecular formula is C23H29N5O5. The number of aliphatic carboxylic acids is 1. The van der Waals surface area contributed by atoms with E-state index in [2.05, 4.69) is 20.9 Å². The van der Waals surface area contributed by atoms with Gasteiger partial charge in [-0.25, -0.2) is 4.79 Å². The summed E-state index contributed by atoms with van der Waals surface area (Å²) in [5, 5.41) is 18.9. The first-order chi connectivity index (χ1) is 15.9. The zero-order valence-electron chi connectivity index (χ0n) is 18.3. The van der Waals surface area contributed by atoms with E-state index in [0.717, 1.165) is 35.9 Å². The first-order valence-electron chi connectivity index (χ1n) is 11.3. The smallest absolute Gasteiger partial charge is 0.326 e. The molecule has 1 aromatic heterocycles. The summed E-state index contributed by atoms with van der Waals surface area (Å²) in [6, 6.07) is 5.41. The Bertz CT molecular complexity index is 1040. The minimum Gasteiger partial charge on any atom is -0.480 e. The second-order valence-electron chi connectivity index (χ2n) is 8.57. The molecule has 0 radical (unpaired) electrons. The summed E-state index contributed by atoms with van der Waals surface area (Å²) in [6.07, 6.45) is 4.62. The summed E-state index contributed by atoms with van der Waals surface area (Å²) < 4.78 is 0. The number of hydrogen-bond acceptors (Lipinski definition) is 5. The molecule has 2 aliphatic rings. The van der Waals surface area contributed by atoms with Crippen LogP contribution in [0.1, 0.15) is 31.2 Å². The summed E-state index contributed by atoms with van der Waals surface area (Å²) in [6.45, 7) is 0.997. The number of aromatic nitrogens is 1. The Kier molecular flexibility index (Phi) is 6.93. The molecule has 3 atom stereocenters. The number of amides is 3. The SMILES string of the molecule is O=C(O)C(Cc1c[nH]c2ccccc12)NC(=O)C1CCCN1C(=O)CNC(=O)C1CCCN1. The molecule has 0 bridgehead atoms.